The second-order valence-electron chi connectivity index (χ2n) is 9.05. The summed E-state index contributed by atoms with van der Waals surface area (Å²) in [7, 11) is -3.32. The fourth-order valence-corrected chi connectivity index (χ4v) is 5.00. The van der Waals surface area contributed by atoms with Crippen LogP contribution in [0.2, 0.25) is 0 Å². The molecule has 9 heteroatoms. The van der Waals surface area contributed by atoms with Gasteiger partial charge in [-0.2, -0.15) is 4.98 Å². The number of hydrogen-bond donors (Lipinski definition) is 2. The van der Waals surface area contributed by atoms with Crippen molar-refractivity contribution in [3.63, 3.8) is 0 Å². The Hall–Kier alpha value is -3.46. The third-order valence-electron chi connectivity index (χ3n) is 5.93. The van der Waals surface area contributed by atoms with Crippen LogP contribution < -0.4 is 15.5 Å². The van der Waals surface area contributed by atoms with Gasteiger partial charge in [0.15, 0.2) is 9.84 Å². The van der Waals surface area contributed by atoms with E-state index in [0.29, 0.717) is 11.6 Å². The normalized spacial score (nSPS) is 13.8. The number of anilines is 4. The smallest absolute Gasteiger partial charge is 0.229 e. The Morgan fingerprint density at radius 2 is 1.60 bits per heavy atom. The molecule has 184 valence electrons. The summed E-state index contributed by atoms with van der Waals surface area (Å²) >= 11 is 0. The summed E-state index contributed by atoms with van der Waals surface area (Å²) in [6.45, 7) is 7.30. The van der Waals surface area contributed by atoms with Crippen LogP contribution in [0.25, 0.3) is 0 Å². The molecule has 35 heavy (non-hydrogen) atoms. The van der Waals surface area contributed by atoms with E-state index in [0.717, 1.165) is 35.9 Å². The quantitative estimate of drug-likeness (QED) is 0.476. The minimum Gasteiger partial charge on any atom is -0.356 e. The van der Waals surface area contributed by atoms with Crippen molar-refractivity contribution >= 4 is 38.9 Å². The number of hydrogen-bond acceptors (Lipinski definition) is 7. The molecule has 1 aliphatic rings. The van der Waals surface area contributed by atoms with Crippen LogP contribution in [0.4, 0.5) is 23.1 Å². The number of amides is 1. The van der Waals surface area contributed by atoms with Gasteiger partial charge in [-0.1, -0.05) is 12.1 Å². The van der Waals surface area contributed by atoms with Crippen molar-refractivity contribution in [1.29, 1.82) is 0 Å². The number of carbonyl (C=O) groups excluding carboxylic acids is 1. The molecule has 0 unspecified atom stereocenters. The van der Waals surface area contributed by atoms with E-state index in [1.807, 2.05) is 37.3 Å². The molecule has 0 spiro atoms. The van der Waals surface area contributed by atoms with Crippen LogP contribution in [0.3, 0.4) is 0 Å². The zero-order chi connectivity index (χ0) is 25.0. The maximum absolute atomic E-state index is 12.5. The Morgan fingerprint density at radius 1 is 0.971 bits per heavy atom. The van der Waals surface area contributed by atoms with Crippen molar-refractivity contribution in [3.05, 3.63) is 65.9 Å². The minimum absolute atomic E-state index is 0.151. The van der Waals surface area contributed by atoms with Crippen molar-refractivity contribution in [3.8, 4) is 0 Å². The lowest BCUT2D eigenvalue weighted by Crippen LogP contribution is -2.19. The Kier molecular flexibility index (Phi) is 7.35. The van der Waals surface area contributed by atoms with Crippen molar-refractivity contribution < 1.29 is 13.2 Å². The van der Waals surface area contributed by atoms with Gasteiger partial charge in [-0.05, 0) is 75.6 Å². The summed E-state index contributed by atoms with van der Waals surface area (Å²) in [5.74, 6) is 1.31. The van der Waals surface area contributed by atoms with Crippen molar-refractivity contribution in [2.45, 2.75) is 50.2 Å². The number of benzene rings is 2. The first-order valence-electron chi connectivity index (χ1n) is 11.8. The molecule has 4 rings (SSSR count). The predicted octanol–water partition coefficient (Wildman–Crippen LogP) is 4.49. The molecular weight excluding hydrogens is 462 g/mol. The van der Waals surface area contributed by atoms with Crippen LogP contribution in [0.15, 0.2) is 59.5 Å². The highest BCUT2D eigenvalue weighted by atomic mass is 32.2. The zero-order valence-corrected chi connectivity index (χ0v) is 21.1. The molecule has 1 aliphatic heterocycles. The summed E-state index contributed by atoms with van der Waals surface area (Å²) in [6.07, 6.45) is 2.52. The number of nitrogens with zero attached hydrogens (tertiary/aromatic N) is 3. The first kappa shape index (κ1) is 24.7. The lowest BCUT2D eigenvalue weighted by Gasteiger charge is -2.17. The van der Waals surface area contributed by atoms with Crippen LogP contribution in [-0.2, 0) is 21.1 Å². The van der Waals surface area contributed by atoms with Gasteiger partial charge in [-0.3, -0.25) is 4.79 Å². The molecule has 2 N–H and O–H groups in total. The highest BCUT2D eigenvalue weighted by Crippen LogP contribution is 2.23. The molecule has 1 fully saturated rings. The molecule has 1 amide bonds. The van der Waals surface area contributed by atoms with E-state index < -0.39 is 15.1 Å². The van der Waals surface area contributed by atoms with E-state index in [4.69, 9.17) is 0 Å². The van der Waals surface area contributed by atoms with Gasteiger partial charge >= 0.3 is 0 Å². The Morgan fingerprint density at radius 3 is 2.23 bits per heavy atom. The molecule has 0 bridgehead atoms. The Balaban J connectivity index is 1.35. The van der Waals surface area contributed by atoms with Crippen molar-refractivity contribution in [1.82, 2.24) is 9.97 Å². The number of carbonyl (C=O) groups is 1. The molecule has 8 nitrogen and oxygen atoms in total. The molecular formula is C26H31N5O3S. The number of aryl methyl sites for hydroxylation is 1. The molecule has 0 saturated carbocycles. The second kappa shape index (κ2) is 10.4. The van der Waals surface area contributed by atoms with Crippen LogP contribution in [0.5, 0.6) is 0 Å². The molecule has 1 saturated heterocycles. The van der Waals surface area contributed by atoms with Gasteiger partial charge in [0.25, 0.3) is 0 Å². The lowest BCUT2D eigenvalue weighted by atomic mass is 10.1. The number of rotatable bonds is 8. The summed E-state index contributed by atoms with van der Waals surface area (Å²) in [5.41, 5.74) is 3.14. The molecule has 0 radical (unpaired) electrons. The fourth-order valence-electron chi connectivity index (χ4n) is 3.94. The van der Waals surface area contributed by atoms with Crippen LogP contribution in [0, 0.1) is 6.92 Å². The molecule has 0 atom stereocenters. The third-order valence-corrected chi connectivity index (χ3v) is 8.10. The maximum atomic E-state index is 12.5. The van der Waals surface area contributed by atoms with Crippen molar-refractivity contribution in [2.75, 3.05) is 28.6 Å². The van der Waals surface area contributed by atoms with Gasteiger partial charge in [-0.15, -0.1) is 0 Å². The molecule has 3 aromatic rings. The third kappa shape index (κ3) is 6.16. The second-order valence-corrected chi connectivity index (χ2v) is 11.6. The number of aromatic nitrogens is 2. The number of nitrogens with one attached hydrogen (secondary N) is 2. The van der Waals surface area contributed by atoms with E-state index in [1.165, 1.54) is 12.8 Å². The fraction of sp³-hybridized carbons (Fsp3) is 0.346. The summed E-state index contributed by atoms with van der Waals surface area (Å²) in [5, 5.41) is 5.63. The maximum Gasteiger partial charge on any atom is 0.229 e. The van der Waals surface area contributed by atoms with E-state index in [-0.39, 0.29) is 17.2 Å². The zero-order valence-electron chi connectivity index (χ0n) is 20.3. The average Bonchev–Trinajstić information content (AvgIpc) is 3.35. The topological polar surface area (TPSA) is 104 Å². The van der Waals surface area contributed by atoms with E-state index in [9.17, 15) is 13.2 Å². The summed E-state index contributed by atoms with van der Waals surface area (Å²) < 4.78 is 24.5. The Labute approximate surface area is 206 Å². The van der Waals surface area contributed by atoms with E-state index in [1.54, 1.807) is 38.1 Å². The summed E-state index contributed by atoms with van der Waals surface area (Å²) in [4.78, 5) is 24.2. The van der Waals surface area contributed by atoms with E-state index >= 15 is 0 Å². The first-order chi connectivity index (χ1) is 16.7. The molecule has 0 aliphatic carbocycles. The lowest BCUT2D eigenvalue weighted by molar-refractivity contribution is -0.115. The van der Waals surface area contributed by atoms with Gasteiger partial charge < -0.3 is 15.5 Å². The monoisotopic (exact) mass is 493 g/mol. The Bertz CT molecular complexity index is 1280. The molecule has 2 aromatic carbocycles. The minimum atomic E-state index is -3.32. The molecule has 2 heterocycles. The first-order valence-corrected chi connectivity index (χ1v) is 13.4. The van der Waals surface area contributed by atoms with Crippen LogP contribution in [-0.4, -0.2) is 42.6 Å². The average molecular weight is 494 g/mol. The van der Waals surface area contributed by atoms with Gasteiger partial charge in [0, 0.05) is 36.2 Å². The van der Waals surface area contributed by atoms with Gasteiger partial charge in [0.1, 0.15) is 5.82 Å². The van der Waals surface area contributed by atoms with Crippen molar-refractivity contribution in [2.24, 2.45) is 0 Å². The summed E-state index contributed by atoms with van der Waals surface area (Å²) in [6, 6.07) is 15.8. The predicted molar refractivity (Wildman–Crippen MR) is 139 cm³/mol. The van der Waals surface area contributed by atoms with Gasteiger partial charge in [0.2, 0.25) is 11.9 Å². The standard InChI is InChI=1S/C26H31N5O3S/c1-18(2)35(33,34)23-12-6-20(7-13-23)17-25(32)28-21-8-10-22(11-9-21)29-26-27-19(3)16-24(30-26)31-14-4-5-15-31/h6-13,16,18H,4-5,14-15,17H2,1-3H3,(H,28,32)(H,27,29,30). The number of sulfone groups is 1. The SMILES string of the molecule is Cc1cc(N2CCCC2)nc(Nc2ccc(NC(=O)Cc3ccc(S(=O)(=O)C(C)C)cc3)cc2)n1. The molecule has 1 aromatic heterocycles. The van der Waals surface area contributed by atoms with Crippen LogP contribution >= 0.6 is 0 Å². The van der Waals surface area contributed by atoms with Crippen LogP contribution in [0.1, 0.15) is 37.9 Å². The highest BCUT2D eigenvalue weighted by molar-refractivity contribution is 7.92. The largest absolute Gasteiger partial charge is 0.356 e. The highest BCUT2D eigenvalue weighted by Gasteiger charge is 2.19. The van der Waals surface area contributed by atoms with Gasteiger partial charge in [-0.25, -0.2) is 13.4 Å². The van der Waals surface area contributed by atoms with E-state index in [2.05, 4.69) is 25.5 Å². The van der Waals surface area contributed by atoms with Gasteiger partial charge in [0.05, 0.1) is 16.6 Å².